The number of rotatable bonds is 5. The molecule has 0 aromatic heterocycles. The largest absolute Gasteiger partial charge is 0.394 e. The van der Waals surface area contributed by atoms with Crippen molar-refractivity contribution in [2.75, 3.05) is 26.9 Å². The number of fused-ring (bicyclic) bond motifs is 3. The van der Waals surface area contributed by atoms with Gasteiger partial charge in [-0.3, -0.25) is 9.69 Å². The molecule has 4 atom stereocenters. The number of ether oxygens (including phenoxy) is 1. The topological polar surface area (TPSA) is 49.8 Å². The molecular weight excluding hydrogens is 230 g/mol. The van der Waals surface area contributed by atoms with Gasteiger partial charge < -0.3 is 9.84 Å². The molecule has 0 spiro atoms. The van der Waals surface area contributed by atoms with Gasteiger partial charge in [-0.1, -0.05) is 13.8 Å². The number of hydrogen-bond acceptors (Lipinski definition) is 4. The van der Waals surface area contributed by atoms with Crippen LogP contribution in [0.3, 0.4) is 0 Å². The number of carbonyl (C=O) groups excluding carboxylic acids is 1. The normalized spacial score (nSPS) is 39.6. The smallest absolute Gasteiger partial charge is 0.161 e. The Morgan fingerprint density at radius 1 is 1.56 bits per heavy atom. The summed E-state index contributed by atoms with van der Waals surface area (Å²) in [6.07, 6.45) is 3.00. The molecular formula is C14H25NO3. The molecule has 0 saturated carbocycles. The van der Waals surface area contributed by atoms with Gasteiger partial charge in [-0.2, -0.15) is 0 Å². The Morgan fingerprint density at radius 2 is 2.28 bits per heavy atom. The van der Waals surface area contributed by atoms with Crippen molar-refractivity contribution in [3.63, 3.8) is 0 Å². The van der Waals surface area contributed by atoms with Crippen LogP contribution in [0.1, 0.15) is 33.1 Å². The first kappa shape index (κ1) is 14.0. The first-order valence-corrected chi connectivity index (χ1v) is 6.96. The van der Waals surface area contributed by atoms with E-state index < -0.39 is 5.54 Å². The molecule has 3 fully saturated rings. The number of aliphatic hydroxyl groups is 1. The lowest BCUT2D eigenvalue weighted by Gasteiger charge is -2.56. The summed E-state index contributed by atoms with van der Waals surface area (Å²) in [5.74, 6) is 0.933. The van der Waals surface area contributed by atoms with Gasteiger partial charge in [-0.15, -0.1) is 0 Å². The van der Waals surface area contributed by atoms with Crippen LogP contribution >= 0.6 is 0 Å². The predicted molar refractivity (Wildman–Crippen MR) is 69.4 cm³/mol. The minimum absolute atomic E-state index is 0.120. The van der Waals surface area contributed by atoms with E-state index in [-0.39, 0.29) is 18.3 Å². The van der Waals surface area contributed by atoms with E-state index in [9.17, 15) is 9.90 Å². The Kier molecular flexibility index (Phi) is 4.09. The van der Waals surface area contributed by atoms with Crippen molar-refractivity contribution in [1.82, 2.24) is 4.90 Å². The van der Waals surface area contributed by atoms with Crippen molar-refractivity contribution in [3.8, 4) is 0 Å². The lowest BCUT2D eigenvalue weighted by atomic mass is 9.69. The number of ketones is 1. The second kappa shape index (κ2) is 5.27. The number of methoxy groups -OCH3 is 1. The maximum absolute atomic E-state index is 12.5. The highest BCUT2D eigenvalue weighted by atomic mass is 16.5. The third-order valence-corrected chi connectivity index (χ3v) is 4.48. The van der Waals surface area contributed by atoms with Gasteiger partial charge >= 0.3 is 0 Å². The molecule has 0 aromatic carbocycles. The Labute approximate surface area is 109 Å². The molecule has 2 bridgehead atoms. The van der Waals surface area contributed by atoms with E-state index in [2.05, 4.69) is 18.7 Å². The van der Waals surface area contributed by atoms with Crippen molar-refractivity contribution in [3.05, 3.63) is 0 Å². The molecule has 1 unspecified atom stereocenters. The first-order valence-electron chi connectivity index (χ1n) is 6.96. The van der Waals surface area contributed by atoms with Gasteiger partial charge in [0.05, 0.1) is 13.2 Å². The van der Waals surface area contributed by atoms with Crippen molar-refractivity contribution in [1.29, 1.82) is 0 Å². The molecule has 0 radical (unpaired) electrons. The van der Waals surface area contributed by atoms with Gasteiger partial charge in [-0.25, -0.2) is 0 Å². The second-order valence-electron chi connectivity index (χ2n) is 6.19. The lowest BCUT2D eigenvalue weighted by molar-refractivity contribution is -0.167. The van der Waals surface area contributed by atoms with Gasteiger partial charge in [0.2, 0.25) is 0 Å². The zero-order valence-electron chi connectivity index (χ0n) is 11.7. The molecule has 3 rings (SSSR count). The molecule has 1 N–H and O–H groups in total. The number of Topliss-reactive ketones (excluding diaryl/α,β-unsaturated/α-hetero) is 1. The Morgan fingerprint density at radius 3 is 2.83 bits per heavy atom. The molecule has 3 heterocycles. The van der Waals surface area contributed by atoms with Crippen LogP contribution in [0.5, 0.6) is 0 Å². The summed E-state index contributed by atoms with van der Waals surface area (Å²) in [5, 5.41) is 9.77. The zero-order chi connectivity index (χ0) is 13.3. The Bertz CT molecular complexity index is 318. The fourth-order valence-corrected chi connectivity index (χ4v) is 3.75. The maximum atomic E-state index is 12.5. The molecule has 4 heteroatoms. The summed E-state index contributed by atoms with van der Waals surface area (Å²) < 4.78 is 5.23. The van der Waals surface area contributed by atoms with Crippen molar-refractivity contribution in [2.45, 2.75) is 44.7 Å². The van der Waals surface area contributed by atoms with Gasteiger partial charge in [-0.05, 0) is 25.2 Å². The van der Waals surface area contributed by atoms with Crippen molar-refractivity contribution in [2.24, 2.45) is 11.8 Å². The molecule has 0 amide bonds. The minimum atomic E-state index is -0.768. The first-order chi connectivity index (χ1) is 8.55. The van der Waals surface area contributed by atoms with Crippen molar-refractivity contribution < 1.29 is 14.6 Å². The van der Waals surface area contributed by atoms with Gasteiger partial charge in [0.1, 0.15) is 5.54 Å². The highest BCUT2D eigenvalue weighted by molar-refractivity contribution is 5.92. The van der Waals surface area contributed by atoms with Crippen LogP contribution < -0.4 is 0 Å². The molecule has 4 nitrogen and oxygen atoms in total. The van der Waals surface area contributed by atoms with E-state index in [1.807, 2.05) is 0 Å². The third kappa shape index (κ3) is 2.10. The highest BCUT2D eigenvalue weighted by Crippen LogP contribution is 2.41. The zero-order valence-corrected chi connectivity index (χ0v) is 11.7. The molecule has 3 aliphatic heterocycles. The summed E-state index contributed by atoms with van der Waals surface area (Å²) in [5.41, 5.74) is -0.768. The average molecular weight is 255 g/mol. The summed E-state index contributed by atoms with van der Waals surface area (Å²) in [6.45, 7) is 5.53. The number of carbonyl (C=O) groups is 1. The predicted octanol–water partition coefficient (Wildman–Crippen LogP) is 1.07. The van der Waals surface area contributed by atoms with Crippen LogP contribution in [-0.2, 0) is 9.53 Å². The van der Waals surface area contributed by atoms with Gasteiger partial charge in [0.25, 0.3) is 0 Å². The molecule has 0 aliphatic carbocycles. The molecule has 3 saturated heterocycles. The number of nitrogens with zero attached hydrogens (tertiary/aromatic N) is 1. The van der Waals surface area contributed by atoms with E-state index >= 15 is 0 Å². The van der Waals surface area contributed by atoms with E-state index in [0.717, 1.165) is 25.8 Å². The molecule has 3 aliphatic rings. The second-order valence-corrected chi connectivity index (χ2v) is 6.19. The van der Waals surface area contributed by atoms with Gasteiger partial charge in [0.15, 0.2) is 5.78 Å². The molecule has 0 aromatic rings. The fourth-order valence-electron chi connectivity index (χ4n) is 3.75. The average Bonchev–Trinajstić information content (AvgIpc) is 2.33. The van der Waals surface area contributed by atoms with Crippen LogP contribution in [0.4, 0.5) is 0 Å². The highest BCUT2D eigenvalue weighted by Gasteiger charge is 2.56. The van der Waals surface area contributed by atoms with Crippen LogP contribution in [-0.4, -0.2) is 54.2 Å². The summed E-state index contributed by atoms with van der Waals surface area (Å²) in [7, 11) is 1.60. The fraction of sp³-hybridized carbons (Fsp3) is 0.929. The monoisotopic (exact) mass is 255 g/mol. The molecule has 104 valence electrons. The summed E-state index contributed by atoms with van der Waals surface area (Å²) in [6, 6.07) is 0.420. The van der Waals surface area contributed by atoms with Crippen LogP contribution in [0.2, 0.25) is 0 Å². The summed E-state index contributed by atoms with van der Waals surface area (Å²) in [4.78, 5) is 14.7. The van der Waals surface area contributed by atoms with E-state index in [1.54, 1.807) is 7.11 Å². The standard InChI is InChI=1S/C14H25NO3/c1-10(2)6-12-7-11-4-5-15(12)14(8-16,9-18-3)13(11)17/h10-12,16H,4-9H2,1-3H3/t11-,12+,14+/m0/s1. The number of hydrogen-bond donors (Lipinski definition) is 1. The summed E-state index contributed by atoms with van der Waals surface area (Å²) >= 11 is 0. The molecule has 18 heavy (non-hydrogen) atoms. The van der Waals surface area contributed by atoms with Crippen LogP contribution in [0.15, 0.2) is 0 Å². The minimum Gasteiger partial charge on any atom is -0.394 e. The number of aliphatic hydroxyl groups excluding tert-OH is 1. The number of piperidine rings is 3. The SMILES string of the molecule is COC[C@]1(CO)C(=O)[C@H]2CCN1[C@H](CC(C)C)C2. The van der Waals surface area contributed by atoms with Crippen LogP contribution in [0.25, 0.3) is 0 Å². The van der Waals surface area contributed by atoms with E-state index in [1.165, 1.54) is 0 Å². The Hall–Kier alpha value is -0.450. The third-order valence-electron chi connectivity index (χ3n) is 4.48. The van der Waals surface area contributed by atoms with Crippen molar-refractivity contribution >= 4 is 5.78 Å². The van der Waals surface area contributed by atoms with Gasteiger partial charge in [0, 0.05) is 25.6 Å². The van der Waals surface area contributed by atoms with E-state index in [4.69, 9.17) is 4.74 Å². The Balaban J connectivity index is 2.25. The van der Waals surface area contributed by atoms with Crippen LogP contribution in [0, 0.1) is 11.8 Å². The maximum Gasteiger partial charge on any atom is 0.161 e. The quantitative estimate of drug-likeness (QED) is 0.798. The lowest BCUT2D eigenvalue weighted by Crippen LogP contribution is -2.72. The van der Waals surface area contributed by atoms with E-state index in [0.29, 0.717) is 18.6 Å².